The van der Waals surface area contributed by atoms with Crippen LogP contribution in [0.4, 0.5) is 14.5 Å². The SMILES string of the molecule is O=C(Nc1c(O)cc(Cl)cc1Cl)c1c(F)cccc1F. The highest BCUT2D eigenvalue weighted by Crippen LogP contribution is 2.35. The van der Waals surface area contributed by atoms with Crippen molar-refractivity contribution in [2.75, 3.05) is 5.32 Å². The van der Waals surface area contributed by atoms with E-state index in [0.717, 1.165) is 24.3 Å². The average Bonchev–Trinajstić information content (AvgIpc) is 2.33. The van der Waals surface area contributed by atoms with E-state index in [9.17, 15) is 18.7 Å². The first-order valence-corrected chi connectivity index (χ1v) is 6.09. The highest BCUT2D eigenvalue weighted by Gasteiger charge is 2.19. The lowest BCUT2D eigenvalue weighted by Gasteiger charge is -2.10. The first-order chi connectivity index (χ1) is 9.40. The third-order valence-electron chi connectivity index (χ3n) is 2.46. The van der Waals surface area contributed by atoms with Gasteiger partial charge in [-0.2, -0.15) is 0 Å². The molecule has 2 rings (SSSR count). The van der Waals surface area contributed by atoms with Gasteiger partial charge < -0.3 is 10.4 Å². The van der Waals surface area contributed by atoms with Crippen molar-refractivity contribution in [1.29, 1.82) is 0 Å². The Balaban J connectivity index is 2.38. The molecule has 0 unspecified atom stereocenters. The lowest BCUT2D eigenvalue weighted by Crippen LogP contribution is -2.16. The van der Waals surface area contributed by atoms with Crippen molar-refractivity contribution in [2.24, 2.45) is 0 Å². The Bertz CT molecular complexity index is 649. The minimum absolute atomic E-state index is 0.0555. The number of benzene rings is 2. The molecule has 2 aromatic carbocycles. The van der Waals surface area contributed by atoms with Gasteiger partial charge in [-0.05, 0) is 18.2 Å². The summed E-state index contributed by atoms with van der Waals surface area (Å²) in [6, 6.07) is 5.44. The zero-order valence-corrected chi connectivity index (χ0v) is 11.3. The molecule has 3 nitrogen and oxygen atoms in total. The van der Waals surface area contributed by atoms with E-state index in [2.05, 4.69) is 5.32 Å². The molecular weight excluding hydrogens is 311 g/mol. The third-order valence-corrected chi connectivity index (χ3v) is 2.98. The Kier molecular flexibility index (Phi) is 4.11. The smallest absolute Gasteiger partial charge is 0.261 e. The van der Waals surface area contributed by atoms with Crippen molar-refractivity contribution in [3.63, 3.8) is 0 Å². The van der Waals surface area contributed by atoms with Crippen molar-refractivity contribution >= 4 is 34.8 Å². The Morgan fingerprint density at radius 1 is 1.15 bits per heavy atom. The van der Waals surface area contributed by atoms with E-state index < -0.39 is 28.9 Å². The van der Waals surface area contributed by atoms with Crippen molar-refractivity contribution < 1.29 is 18.7 Å². The van der Waals surface area contributed by atoms with E-state index in [0.29, 0.717) is 0 Å². The van der Waals surface area contributed by atoms with Crippen LogP contribution in [0.15, 0.2) is 30.3 Å². The normalized spacial score (nSPS) is 10.4. The molecule has 0 aliphatic rings. The average molecular weight is 318 g/mol. The molecule has 0 aliphatic heterocycles. The first kappa shape index (κ1) is 14.6. The van der Waals surface area contributed by atoms with Gasteiger partial charge in [-0.15, -0.1) is 0 Å². The fourth-order valence-corrected chi connectivity index (χ4v) is 2.10. The second-order valence-electron chi connectivity index (χ2n) is 3.83. The molecule has 0 aliphatic carbocycles. The van der Waals surface area contributed by atoms with Crippen molar-refractivity contribution in [3.05, 3.63) is 57.6 Å². The van der Waals surface area contributed by atoms with Crippen molar-refractivity contribution in [1.82, 2.24) is 0 Å². The maximum atomic E-state index is 13.5. The van der Waals surface area contributed by atoms with Crippen LogP contribution in [0.3, 0.4) is 0 Å². The van der Waals surface area contributed by atoms with Crippen LogP contribution in [-0.4, -0.2) is 11.0 Å². The summed E-state index contributed by atoms with van der Waals surface area (Å²) in [5, 5.41) is 11.9. The molecule has 1 amide bonds. The minimum Gasteiger partial charge on any atom is -0.506 e. The fraction of sp³-hybridized carbons (Fsp3) is 0. The van der Waals surface area contributed by atoms with Gasteiger partial charge in [0.25, 0.3) is 5.91 Å². The zero-order valence-electron chi connectivity index (χ0n) is 9.75. The topological polar surface area (TPSA) is 49.3 Å². The fourth-order valence-electron chi connectivity index (χ4n) is 1.57. The molecule has 7 heteroatoms. The minimum atomic E-state index is -1.07. The lowest BCUT2D eigenvalue weighted by atomic mass is 10.1. The highest BCUT2D eigenvalue weighted by atomic mass is 35.5. The van der Waals surface area contributed by atoms with Gasteiger partial charge in [-0.25, -0.2) is 8.78 Å². The molecule has 0 saturated carbocycles. The first-order valence-electron chi connectivity index (χ1n) is 5.33. The molecule has 0 radical (unpaired) electrons. The number of phenols is 1. The number of carbonyl (C=O) groups excluding carboxylic acids is 1. The molecule has 20 heavy (non-hydrogen) atoms. The molecule has 2 aromatic rings. The predicted octanol–water partition coefficient (Wildman–Crippen LogP) is 4.23. The van der Waals surface area contributed by atoms with Gasteiger partial charge in [-0.3, -0.25) is 4.79 Å². The van der Waals surface area contributed by atoms with E-state index in [-0.39, 0.29) is 15.7 Å². The van der Waals surface area contributed by atoms with Crippen LogP contribution >= 0.6 is 23.2 Å². The number of phenolic OH excluding ortho intramolecular Hbond substituents is 1. The quantitative estimate of drug-likeness (QED) is 0.814. The van der Waals surface area contributed by atoms with Gasteiger partial charge in [0.15, 0.2) is 0 Å². The summed E-state index contributed by atoms with van der Waals surface area (Å²) in [5.41, 5.74) is -0.943. The monoisotopic (exact) mass is 317 g/mol. The van der Waals surface area contributed by atoms with Gasteiger partial charge in [0.2, 0.25) is 0 Å². The van der Waals surface area contributed by atoms with Crippen molar-refractivity contribution in [2.45, 2.75) is 0 Å². The van der Waals surface area contributed by atoms with Crippen LogP contribution in [0.25, 0.3) is 0 Å². The second-order valence-corrected chi connectivity index (χ2v) is 4.68. The second kappa shape index (κ2) is 5.64. The third kappa shape index (κ3) is 2.84. The lowest BCUT2D eigenvalue weighted by molar-refractivity contribution is 0.101. The Labute approximate surface area is 122 Å². The number of anilines is 1. The number of aromatic hydroxyl groups is 1. The maximum Gasteiger partial charge on any atom is 0.261 e. The van der Waals surface area contributed by atoms with E-state index in [4.69, 9.17) is 23.2 Å². The number of nitrogens with one attached hydrogen (secondary N) is 1. The van der Waals surface area contributed by atoms with E-state index in [1.54, 1.807) is 0 Å². The summed E-state index contributed by atoms with van der Waals surface area (Å²) in [6.07, 6.45) is 0. The van der Waals surface area contributed by atoms with Crippen molar-refractivity contribution in [3.8, 4) is 5.75 Å². The van der Waals surface area contributed by atoms with E-state index >= 15 is 0 Å². The molecule has 2 N–H and O–H groups in total. The molecule has 0 heterocycles. The Hall–Kier alpha value is -1.85. The van der Waals surface area contributed by atoms with Crippen LogP contribution in [0.5, 0.6) is 5.75 Å². The van der Waals surface area contributed by atoms with Crippen LogP contribution in [0.2, 0.25) is 10.0 Å². The summed E-state index contributed by atoms with van der Waals surface area (Å²) in [5.74, 6) is -3.52. The number of amides is 1. The summed E-state index contributed by atoms with van der Waals surface area (Å²) < 4.78 is 26.9. The van der Waals surface area contributed by atoms with Gasteiger partial charge in [0.05, 0.1) is 5.02 Å². The summed E-state index contributed by atoms with van der Waals surface area (Å²) >= 11 is 11.4. The van der Waals surface area contributed by atoms with Crippen LogP contribution in [-0.2, 0) is 0 Å². The summed E-state index contributed by atoms with van der Waals surface area (Å²) in [7, 11) is 0. The number of carbonyl (C=O) groups is 1. The highest BCUT2D eigenvalue weighted by molar-refractivity contribution is 6.37. The molecule has 0 saturated heterocycles. The number of rotatable bonds is 2. The molecule has 0 fully saturated rings. The van der Waals surface area contributed by atoms with Gasteiger partial charge >= 0.3 is 0 Å². The van der Waals surface area contributed by atoms with Gasteiger partial charge in [0, 0.05) is 11.1 Å². The maximum absolute atomic E-state index is 13.5. The standard InChI is InChI=1S/C13H7Cl2F2NO2/c14-6-4-7(15)12(10(19)5-6)18-13(20)11-8(16)2-1-3-9(11)17/h1-5,19H,(H,18,20). The Morgan fingerprint density at radius 2 is 1.75 bits per heavy atom. The summed E-state index contributed by atoms with van der Waals surface area (Å²) in [4.78, 5) is 11.9. The molecular formula is C13H7Cl2F2NO2. The molecule has 0 aromatic heterocycles. The van der Waals surface area contributed by atoms with Crippen LogP contribution in [0, 0.1) is 11.6 Å². The molecule has 104 valence electrons. The molecule has 0 bridgehead atoms. The molecule has 0 spiro atoms. The van der Waals surface area contributed by atoms with Gasteiger partial charge in [0.1, 0.15) is 28.6 Å². The summed E-state index contributed by atoms with van der Waals surface area (Å²) in [6.45, 7) is 0. The number of halogens is 4. The number of hydrogen-bond acceptors (Lipinski definition) is 2. The van der Waals surface area contributed by atoms with Crippen LogP contribution in [0.1, 0.15) is 10.4 Å². The largest absolute Gasteiger partial charge is 0.506 e. The van der Waals surface area contributed by atoms with E-state index in [1.165, 1.54) is 6.07 Å². The molecule has 0 atom stereocenters. The van der Waals surface area contributed by atoms with Gasteiger partial charge in [-0.1, -0.05) is 29.3 Å². The van der Waals surface area contributed by atoms with Crippen LogP contribution < -0.4 is 5.32 Å². The Morgan fingerprint density at radius 3 is 2.30 bits per heavy atom. The zero-order chi connectivity index (χ0) is 14.9. The predicted molar refractivity (Wildman–Crippen MR) is 72.4 cm³/mol. The number of hydrogen-bond donors (Lipinski definition) is 2. The van der Waals surface area contributed by atoms with E-state index in [1.807, 2.05) is 0 Å².